The van der Waals surface area contributed by atoms with Crippen molar-refractivity contribution in [3.63, 3.8) is 0 Å². The first kappa shape index (κ1) is 9.71. The molecule has 86 valence electrons. The fourth-order valence-electron chi connectivity index (χ4n) is 1.84. The third kappa shape index (κ3) is 1.50. The number of hydrogen-bond donors (Lipinski definition) is 3. The number of hydrogen-bond acceptors (Lipinski definition) is 4. The molecule has 0 aliphatic carbocycles. The first-order valence-corrected chi connectivity index (χ1v) is 4.99. The monoisotopic (exact) mass is 232 g/mol. The normalized spacial score (nSPS) is 12.5. The Kier molecular flexibility index (Phi) is 1.85. The van der Waals surface area contributed by atoms with Crippen molar-refractivity contribution in [2.75, 3.05) is 0 Å². The van der Waals surface area contributed by atoms with Crippen LogP contribution in [0.5, 0.6) is 17.4 Å². The Morgan fingerprint density at radius 3 is 2.88 bits per heavy atom. The Morgan fingerprint density at radius 1 is 1.24 bits per heavy atom. The molecule has 2 aromatic rings. The van der Waals surface area contributed by atoms with Crippen molar-refractivity contribution in [3.8, 4) is 17.4 Å². The maximum absolute atomic E-state index is 11.6. The molecule has 1 aliphatic heterocycles. The van der Waals surface area contributed by atoms with Crippen LogP contribution in [-0.2, 0) is 6.42 Å². The van der Waals surface area contributed by atoms with Crippen molar-refractivity contribution < 1.29 is 9.84 Å². The van der Waals surface area contributed by atoms with E-state index in [-0.39, 0.29) is 11.6 Å². The van der Waals surface area contributed by atoms with Crippen LogP contribution in [0, 0.1) is 0 Å². The van der Waals surface area contributed by atoms with Crippen molar-refractivity contribution in [1.29, 1.82) is 0 Å². The summed E-state index contributed by atoms with van der Waals surface area (Å²) in [5.41, 5.74) is -0.0218. The number of benzene rings is 1. The smallest absolute Gasteiger partial charge is 0.328 e. The molecule has 0 amide bonds. The summed E-state index contributed by atoms with van der Waals surface area (Å²) in [5.74, 6) is 0.796. The zero-order valence-electron chi connectivity index (χ0n) is 8.61. The van der Waals surface area contributed by atoms with E-state index in [1.54, 1.807) is 6.07 Å². The molecule has 3 N–H and O–H groups in total. The van der Waals surface area contributed by atoms with Crippen LogP contribution >= 0.6 is 0 Å². The highest BCUT2D eigenvalue weighted by atomic mass is 16.5. The number of ether oxygens (including phenoxy) is 1. The van der Waals surface area contributed by atoms with Gasteiger partial charge < -0.3 is 9.84 Å². The van der Waals surface area contributed by atoms with E-state index in [0.717, 1.165) is 0 Å². The molecule has 6 nitrogen and oxygen atoms in total. The van der Waals surface area contributed by atoms with Gasteiger partial charge >= 0.3 is 5.69 Å². The molecule has 0 unspecified atom stereocenters. The minimum Gasteiger partial charge on any atom is -0.508 e. The molecule has 0 fully saturated rings. The number of H-pyrrole nitrogens is 2. The zero-order valence-corrected chi connectivity index (χ0v) is 8.61. The van der Waals surface area contributed by atoms with Gasteiger partial charge in [-0.3, -0.25) is 14.8 Å². The summed E-state index contributed by atoms with van der Waals surface area (Å²) in [5, 5.41) is 9.35. The lowest BCUT2D eigenvalue weighted by molar-refractivity contribution is 0.429. The highest BCUT2D eigenvalue weighted by molar-refractivity contribution is 5.48. The van der Waals surface area contributed by atoms with E-state index in [1.165, 1.54) is 12.1 Å². The fraction of sp³-hybridized carbons (Fsp3) is 0.0909. The van der Waals surface area contributed by atoms with Gasteiger partial charge in [0.25, 0.3) is 5.56 Å². The van der Waals surface area contributed by atoms with Crippen molar-refractivity contribution >= 4 is 0 Å². The molecular weight excluding hydrogens is 224 g/mol. The molecule has 0 saturated heterocycles. The van der Waals surface area contributed by atoms with Crippen molar-refractivity contribution in [2.24, 2.45) is 0 Å². The summed E-state index contributed by atoms with van der Waals surface area (Å²) in [6.45, 7) is 0. The van der Waals surface area contributed by atoms with E-state index >= 15 is 0 Å². The summed E-state index contributed by atoms with van der Waals surface area (Å²) in [6.07, 6.45) is 0.311. The number of phenols is 1. The molecule has 6 heteroatoms. The van der Waals surface area contributed by atoms with Crippen LogP contribution in [0.1, 0.15) is 11.1 Å². The van der Waals surface area contributed by atoms with E-state index in [2.05, 4.69) is 9.97 Å². The van der Waals surface area contributed by atoms with Crippen molar-refractivity contribution in [3.05, 3.63) is 50.2 Å². The van der Waals surface area contributed by atoms with Crippen LogP contribution in [0.3, 0.4) is 0 Å². The number of phenolic OH excluding ortho intramolecular Hbond substituents is 1. The number of nitrogens with one attached hydrogen (secondary N) is 2. The molecule has 2 heterocycles. The minimum absolute atomic E-state index is 0.108. The standard InChI is InChI=1S/C11H8N2O4/c14-6-1-2-8-5(3-6)4-7-9(15)12-11(16)13-10(7)17-8/h1-3,14H,4H2,(H2,12,13,15,16). The second kappa shape index (κ2) is 3.24. The molecular formula is C11H8N2O4. The van der Waals surface area contributed by atoms with Gasteiger partial charge in [0.05, 0.1) is 5.56 Å². The van der Waals surface area contributed by atoms with E-state index in [4.69, 9.17) is 4.74 Å². The maximum atomic E-state index is 11.6. The van der Waals surface area contributed by atoms with Crippen molar-refractivity contribution in [2.45, 2.75) is 6.42 Å². The first-order valence-electron chi connectivity index (χ1n) is 4.99. The first-order chi connectivity index (χ1) is 8.13. The lowest BCUT2D eigenvalue weighted by atomic mass is 10.0. The third-order valence-corrected chi connectivity index (χ3v) is 2.63. The predicted octanol–water partition coefficient (Wildman–Crippen LogP) is 0.465. The topological polar surface area (TPSA) is 95.2 Å². The number of rotatable bonds is 0. The summed E-state index contributed by atoms with van der Waals surface area (Å²) in [7, 11) is 0. The number of fused-ring (bicyclic) bond motifs is 2. The predicted molar refractivity (Wildman–Crippen MR) is 58.7 cm³/mol. The van der Waals surface area contributed by atoms with E-state index < -0.39 is 11.2 Å². The van der Waals surface area contributed by atoms with Gasteiger partial charge in [-0.25, -0.2) is 4.79 Å². The zero-order chi connectivity index (χ0) is 12.0. The van der Waals surface area contributed by atoms with Gasteiger partial charge in [0.1, 0.15) is 11.5 Å². The molecule has 0 bridgehead atoms. The lowest BCUT2D eigenvalue weighted by Crippen LogP contribution is -2.27. The molecule has 1 aromatic carbocycles. The summed E-state index contributed by atoms with van der Waals surface area (Å²) < 4.78 is 5.41. The van der Waals surface area contributed by atoms with Crippen LogP contribution < -0.4 is 16.0 Å². The van der Waals surface area contributed by atoms with Gasteiger partial charge in [0.2, 0.25) is 5.88 Å². The highest BCUT2D eigenvalue weighted by Gasteiger charge is 2.21. The number of aromatic hydroxyl groups is 1. The largest absolute Gasteiger partial charge is 0.508 e. The quantitative estimate of drug-likeness (QED) is 0.525. The molecule has 0 saturated carbocycles. The molecule has 1 aromatic heterocycles. The molecule has 0 atom stereocenters. The van der Waals surface area contributed by atoms with E-state index in [9.17, 15) is 14.7 Å². The summed E-state index contributed by atoms with van der Waals surface area (Å²) in [4.78, 5) is 27.2. The van der Waals surface area contributed by atoms with Crippen LogP contribution in [-0.4, -0.2) is 15.1 Å². The number of aromatic nitrogens is 2. The van der Waals surface area contributed by atoms with Gasteiger partial charge in [0, 0.05) is 12.0 Å². The second-order valence-corrected chi connectivity index (χ2v) is 3.79. The third-order valence-electron chi connectivity index (χ3n) is 2.63. The summed E-state index contributed by atoms with van der Waals surface area (Å²) >= 11 is 0. The molecule has 0 radical (unpaired) electrons. The van der Waals surface area contributed by atoms with Crippen LogP contribution in [0.15, 0.2) is 27.8 Å². The Balaban J connectivity index is 2.20. The van der Waals surface area contributed by atoms with Crippen molar-refractivity contribution in [1.82, 2.24) is 9.97 Å². The fourth-order valence-corrected chi connectivity index (χ4v) is 1.84. The molecule has 1 aliphatic rings. The van der Waals surface area contributed by atoms with Gasteiger partial charge in [0.15, 0.2) is 0 Å². The van der Waals surface area contributed by atoms with Gasteiger partial charge in [-0.1, -0.05) is 0 Å². The highest BCUT2D eigenvalue weighted by Crippen LogP contribution is 2.34. The Morgan fingerprint density at radius 2 is 2.06 bits per heavy atom. The SMILES string of the molecule is O=c1[nH]c2c(c(=O)[nH]1)Cc1cc(O)ccc1O2. The maximum Gasteiger partial charge on any atom is 0.328 e. The van der Waals surface area contributed by atoms with Gasteiger partial charge in [-0.2, -0.15) is 0 Å². The molecule has 3 rings (SSSR count). The second-order valence-electron chi connectivity index (χ2n) is 3.79. The van der Waals surface area contributed by atoms with Gasteiger partial charge in [-0.15, -0.1) is 0 Å². The minimum atomic E-state index is -0.601. The number of aromatic amines is 2. The average Bonchev–Trinajstić information content (AvgIpc) is 2.27. The van der Waals surface area contributed by atoms with Crippen LogP contribution in [0.25, 0.3) is 0 Å². The Labute approximate surface area is 94.5 Å². The van der Waals surface area contributed by atoms with Gasteiger partial charge in [-0.05, 0) is 18.2 Å². The Hall–Kier alpha value is -2.50. The molecule has 0 spiro atoms. The van der Waals surface area contributed by atoms with Crippen LogP contribution in [0.4, 0.5) is 0 Å². The average molecular weight is 232 g/mol. The van der Waals surface area contributed by atoms with E-state index in [0.29, 0.717) is 23.3 Å². The summed E-state index contributed by atoms with van der Waals surface area (Å²) in [6, 6.07) is 4.60. The van der Waals surface area contributed by atoms with E-state index in [1.807, 2.05) is 0 Å². The lowest BCUT2D eigenvalue weighted by Gasteiger charge is -2.18. The molecule has 17 heavy (non-hydrogen) atoms. The Bertz CT molecular complexity index is 714. The van der Waals surface area contributed by atoms with Crippen LogP contribution in [0.2, 0.25) is 0 Å².